The number of carbonyl (C=O) groups is 1. The van der Waals surface area contributed by atoms with E-state index in [0.717, 1.165) is 12.1 Å². The molecule has 2 N–H and O–H groups in total. The number of nitrogens with zero attached hydrogens (tertiary/aromatic N) is 1. The predicted octanol–water partition coefficient (Wildman–Crippen LogP) is 3.01. The molecule has 3 rings (SSSR count). The average molecular weight is 385 g/mol. The number of methoxy groups -OCH3 is 1. The molecule has 0 aromatic heterocycles. The molecule has 0 spiro atoms. The maximum absolute atomic E-state index is 14.5. The number of hydrogen-bond donors (Lipinski definition) is 2. The van der Waals surface area contributed by atoms with E-state index < -0.39 is 6.04 Å². The summed E-state index contributed by atoms with van der Waals surface area (Å²) < 4.78 is 19.7. The van der Waals surface area contributed by atoms with Gasteiger partial charge in [-0.05, 0) is 49.8 Å². The summed E-state index contributed by atoms with van der Waals surface area (Å²) in [5.41, 5.74) is 2.87. The summed E-state index contributed by atoms with van der Waals surface area (Å²) >= 11 is 0. The summed E-state index contributed by atoms with van der Waals surface area (Å²) in [4.78, 5) is 14.1. The number of nitrogens with one attached hydrogen (secondary N) is 2. The van der Waals surface area contributed by atoms with Gasteiger partial charge in [-0.2, -0.15) is 0 Å². The van der Waals surface area contributed by atoms with Crippen LogP contribution in [0.5, 0.6) is 5.75 Å². The maximum atomic E-state index is 14.5. The Morgan fingerprint density at radius 2 is 1.89 bits per heavy atom. The van der Waals surface area contributed by atoms with Crippen molar-refractivity contribution in [3.05, 3.63) is 65.0 Å². The fourth-order valence-corrected chi connectivity index (χ4v) is 3.58. The van der Waals surface area contributed by atoms with Gasteiger partial charge < -0.3 is 20.3 Å². The minimum Gasteiger partial charge on any atom is -0.497 e. The van der Waals surface area contributed by atoms with Crippen LogP contribution in [0.15, 0.2) is 42.5 Å². The fraction of sp³-hybridized carbons (Fsp3) is 0.409. The first-order chi connectivity index (χ1) is 13.5. The molecule has 2 aromatic rings. The maximum Gasteiger partial charge on any atom is 0.220 e. The molecule has 1 amide bonds. The standard InChI is InChI=1S/C22H28FN3O2/c1-26(2)14-16-6-4-15(5-7-16)13-24-20-10-11-21(27)25-22(20)18-12-17(28-3)8-9-19(18)23/h4-9,12,20,22,24H,10-11,13-14H2,1-3H3,(H,25,27)/t20-,22+/m1/s1. The van der Waals surface area contributed by atoms with Crippen LogP contribution in [0, 0.1) is 5.82 Å². The number of piperidine rings is 1. The fourth-order valence-electron chi connectivity index (χ4n) is 3.58. The lowest BCUT2D eigenvalue weighted by Crippen LogP contribution is -2.48. The van der Waals surface area contributed by atoms with Crippen LogP contribution in [0.3, 0.4) is 0 Å². The third-order valence-electron chi connectivity index (χ3n) is 5.03. The average Bonchev–Trinajstić information content (AvgIpc) is 2.68. The highest BCUT2D eigenvalue weighted by Gasteiger charge is 2.31. The molecule has 1 saturated heterocycles. The van der Waals surface area contributed by atoms with Gasteiger partial charge in [0.05, 0.1) is 13.2 Å². The van der Waals surface area contributed by atoms with Crippen LogP contribution in [-0.4, -0.2) is 38.1 Å². The van der Waals surface area contributed by atoms with Crippen LogP contribution in [0.2, 0.25) is 0 Å². The van der Waals surface area contributed by atoms with E-state index in [1.54, 1.807) is 19.2 Å². The molecule has 28 heavy (non-hydrogen) atoms. The van der Waals surface area contributed by atoms with Gasteiger partial charge in [0.15, 0.2) is 0 Å². The van der Waals surface area contributed by atoms with E-state index in [0.29, 0.717) is 30.7 Å². The van der Waals surface area contributed by atoms with Crippen molar-refractivity contribution in [1.82, 2.24) is 15.5 Å². The van der Waals surface area contributed by atoms with Crippen LogP contribution in [0.4, 0.5) is 4.39 Å². The Morgan fingerprint density at radius 1 is 1.18 bits per heavy atom. The highest BCUT2D eigenvalue weighted by molar-refractivity contribution is 5.77. The summed E-state index contributed by atoms with van der Waals surface area (Å²) in [5.74, 6) is 0.178. The molecule has 1 aliphatic heterocycles. The molecule has 2 atom stereocenters. The van der Waals surface area contributed by atoms with E-state index in [4.69, 9.17) is 4.74 Å². The van der Waals surface area contributed by atoms with Gasteiger partial charge in [-0.25, -0.2) is 4.39 Å². The van der Waals surface area contributed by atoms with Crippen molar-refractivity contribution < 1.29 is 13.9 Å². The van der Waals surface area contributed by atoms with Crippen molar-refractivity contribution in [3.63, 3.8) is 0 Å². The quantitative estimate of drug-likeness (QED) is 0.769. The van der Waals surface area contributed by atoms with Gasteiger partial charge >= 0.3 is 0 Å². The number of rotatable bonds is 7. The van der Waals surface area contributed by atoms with Crippen LogP contribution in [0.25, 0.3) is 0 Å². The Bertz CT molecular complexity index is 808. The largest absolute Gasteiger partial charge is 0.497 e. The summed E-state index contributed by atoms with van der Waals surface area (Å²) in [6, 6.07) is 12.6. The summed E-state index contributed by atoms with van der Waals surface area (Å²) in [7, 11) is 5.64. The van der Waals surface area contributed by atoms with Crippen molar-refractivity contribution in [3.8, 4) is 5.75 Å². The topological polar surface area (TPSA) is 53.6 Å². The summed E-state index contributed by atoms with van der Waals surface area (Å²) in [6.45, 7) is 1.56. The van der Waals surface area contributed by atoms with Gasteiger partial charge in [-0.1, -0.05) is 24.3 Å². The third-order valence-corrected chi connectivity index (χ3v) is 5.03. The third kappa shape index (κ3) is 5.09. The SMILES string of the molecule is COc1ccc(F)c([C@@H]2NC(=O)CC[C@H]2NCc2ccc(CN(C)C)cc2)c1. The number of ether oxygens (including phenoxy) is 1. The Labute approximate surface area is 165 Å². The first-order valence-corrected chi connectivity index (χ1v) is 9.55. The minimum atomic E-state index is -0.427. The Morgan fingerprint density at radius 3 is 2.57 bits per heavy atom. The van der Waals surface area contributed by atoms with Crippen molar-refractivity contribution in [2.75, 3.05) is 21.2 Å². The molecule has 6 heteroatoms. The van der Waals surface area contributed by atoms with Gasteiger partial charge in [-0.3, -0.25) is 4.79 Å². The Kier molecular flexibility index (Phi) is 6.65. The van der Waals surface area contributed by atoms with E-state index >= 15 is 0 Å². The lowest BCUT2D eigenvalue weighted by molar-refractivity contribution is -0.123. The molecule has 0 radical (unpaired) electrons. The second-order valence-corrected chi connectivity index (χ2v) is 7.51. The molecule has 0 unspecified atom stereocenters. The molecule has 150 valence electrons. The van der Waals surface area contributed by atoms with Crippen LogP contribution in [0.1, 0.15) is 35.6 Å². The summed E-state index contributed by atoms with van der Waals surface area (Å²) in [5, 5.41) is 6.44. The number of hydrogen-bond acceptors (Lipinski definition) is 4. The highest BCUT2D eigenvalue weighted by Crippen LogP contribution is 2.29. The van der Waals surface area contributed by atoms with E-state index in [-0.39, 0.29) is 17.8 Å². The molecule has 0 bridgehead atoms. The highest BCUT2D eigenvalue weighted by atomic mass is 19.1. The second-order valence-electron chi connectivity index (χ2n) is 7.51. The number of amides is 1. The number of halogens is 1. The van der Waals surface area contributed by atoms with Crippen LogP contribution < -0.4 is 15.4 Å². The van der Waals surface area contributed by atoms with E-state index in [1.807, 2.05) is 14.1 Å². The van der Waals surface area contributed by atoms with Gasteiger partial charge in [0.2, 0.25) is 5.91 Å². The Hall–Kier alpha value is -2.44. The number of benzene rings is 2. The molecular weight excluding hydrogens is 357 g/mol. The van der Waals surface area contributed by atoms with Crippen molar-refractivity contribution >= 4 is 5.91 Å². The molecule has 0 saturated carbocycles. The van der Waals surface area contributed by atoms with Gasteiger partial charge in [-0.15, -0.1) is 0 Å². The molecule has 1 heterocycles. The van der Waals surface area contributed by atoms with Crippen LogP contribution in [-0.2, 0) is 17.9 Å². The monoisotopic (exact) mass is 385 g/mol. The lowest BCUT2D eigenvalue weighted by Gasteiger charge is -2.33. The molecule has 1 aliphatic rings. The first-order valence-electron chi connectivity index (χ1n) is 9.55. The zero-order chi connectivity index (χ0) is 20.1. The normalized spacial score (nSPS) is 19.5. The van der Waals surface area contributed by atoms with Gasteiger partial charge in [0, 0.05) is 31.1 Å². The van der Waals surface area contributed by atoms with E-state index in [9.17, 15) is 9.18 Å². The van der Waals surface area contributed by atoms with Crippen LogP contribution >= 0.6 is 0 Å². The zero-order valence-electron chi connectivity index (χ0n) is 16.7. The number of carbonyl (C=O) groups excluding carboxylic acids is 1. The summed E-state index contributed by atoms with van der Waals surface area (Å²) in [6.07, 6.45) is 1.09. The molecule has 0 aliphatic carbocycles. The van der Waals surface area contributed by atoms with Gasteiger partial charge in [0.25, 0.3) is 0 Å². The van der Waals surface area contributed by atoms with Crippen molar-refractivity contribution in [1.29, 1.82) is 0 Å². The smallest absolute Gasteiger partial charge is 0.220 e. The molecule has 2 aromatic carbocycles. The minimum absolute atomic E-state index is 0.0549. The molecular formula is C22H28FN3O2. The van der Waals surface area contributed by atoms with E-state index in [1.165, 1.54) is 11.6 Å². The Balaban J connectivity index is 1.71. The zero-order valence-corrected chi connectivity index (χ0v) is 16.7. The first kappa shape index (κ1) is 20.3. The van der Waals surface area contributed by atoms with Crippen molar-refractivity contribution in [2.45, 2.75) is 38.0 Å². The van der Waals surface area contributed by atoms with Crippen molar-refractivity contribution in [2.24, 2.45) is 0 Å². The predicted molar refractivity (Wildman–Crippen MR) is 108 cm³/mol. The molecule has 1 fully saturated rings. The van der Waals surface area contributed by atoms with Gasteiger partial charge in [0.1, 0.15) is 11.6 Å². The lowest BCUT2D eigenvalue weighted by atomic mass is 9.91. The molecule has 5 nitrogen and oxygen atoms in total. The van der Waals surface area contributed by atoms with E-state index in [2.05, 4.69) is 39.8 Å². The second kappa shape index (κ2) is 9.17.